The molecule has 1 N–H and O–H groups in total. The maximum absolute atomic E-state index is 12.0. The molecular weight excluding hydrogens is 358 g/mol. The summed E-state index contributed by atoms with van der Waals surface area (Å²) in [6.45, 7) is 0.635. The minimum absolute atomic E-state index is 0.0209. The quantitative estimate of drug-likeness (QED) is 0.626. The number of fused-ring (bicyclic) bond motifs is 1. The molecule has 1 amide bonds. The van der Waals surface area contributed by atoms with Crippen LogP contribution in [0.15, 0.2) is 12.1 Å². The molecular formula is C19H24ClNO5. The highest BCUT2D eigenvalue weighted by atomic mass is 35.5. The van der Waals surface area contributed by atoms with E-state index in [0.717, 1.165) is 25.7 Å². The first kappa shape index (κ1) is 18.8. The van der Waals surface area contributed by atoms with E-state index in [0.29, 0.717) is 35.3 Å². The molecule has 1 aliphatic carbocycles. The van der Waals surface area contributed by atoms with Crippen molar-refractivity contribution >= 4 is 23.5 Å². The van der Waals surface area contributed by atoms with Crippen molar-refractivity contribution in [1.29, 1.82) is 0 Å². The van der Waals surface area contributed by atoms with Gasteiger partial charge in [-0.2, -0.15) is 0 Å². The molecule has 0 bridgehead atoms. The first-order chi connectivity index (χ1) is 12.6. The molecule has 1 heterocycles. The van der Waals surface area contributed by atoms with Gasteiger partial charge in [0.1, 0.15) is 13.2 Å². The zero-order valence-corrected chi connectivity index (χ0v) is 15.5. The number of carbonyl (C=O) groups excluding carboxylic acids is 2. The van der Waals surface area contributed by atoms with Crippen LogP contribution in [-0.4, -0.2) is 37.7 Å². The highest BCUT2D eigenvalue weighted by Crippen LogP contribution is 2.38. The molecule has 1 saturated carbocycles. The number of amides is 1. The molecule has 1 aliphatic heterocycles. The fourth-order valence-electron chi connectivity index (χ4n) is 3.32. The Hall–Kier alpha value is -1.95. The zero-order valence-electron chi connectivity index (χ0n) is 14.7. The summed E-state index contributed by atoms with van der Waals surface area (Å²) in [5.41, 5.74) is 0.661. The molecule has 1 aromatic carbocycles. The van der Waals surface area contributed by atoms with Crippen molar-refractivity contribution in [2.24, 2.45) is 0 Å². The van der Waals surface area contributed by atoms with E-state index in [-0.39, 0.29) is 25.0 Å². The zero-order chi connectivity index (χ0) is 18.4. The lowest BCUT2D eigenvalue weighted by molar-refractivity contribution is -0.148. The summed E-state index contributed by atoms with van der Waals surface area (Å²) in [6, 6.07) is 3.56. The fourth-order valence-corrected chi connectivity index (χ4v) is 3.61. The number of carbonyl (C=O) groups is 2. The summed E-state index contributed by atoms with van der Waals surface area (Å²) >= 11 is 6.16. The normalized spacial score (nSPS) is 17.3. The van der Waals surface area contributed by atoms with Crippen LogP contribution < -0.4 is 14.8 Å². The largest absolute Gasteiger partial charge is 0.486 e. The molecule has 0 aromatic heterocycles. The number of hydrogen-bond donors (Lipinski definition) is 1. The molecule has 26 heavy (non-hydrogen) atoms. The van der Waals surface area contributed by atoms with Crippen LogP contribution in [0.4, 0.5) is 0 Å². The number of ether oxygens (including phenoxy) is 3. The fraction of sp³-hybridized carbons (Fsp3) is 0.579. The molecule has 142 valence electrons. The summed E-state index contributed by atoms with van der Waals surface area (Å²) in [7, 11) is 0. The van der Waals surface area contributed by atoms with Gasteiger partial charge < -0.3 is 19.5 Å². The number of halogens is 1. The van der Waals surface area contributed by atoms with E-state index >= 15 is 0 Å². The van der Waals surface area contributed by atoms with Gasteiger partial charge in [-0.3, -0.25) is 9.59 Å². The minimum Gasteiger partial charge on any atom is -0.486 e. The number of benzene rings is 1. The Morgan fingerprint density at radius 3 is 2.62 bits per heavy atom. The van der Waals surface area contributed by atoms with Crippen molar-refractivity contribution in [2.45, 2.75) is 51.0 Å². The van der Waals surface area contributed by atoms with Crippen molar-refractivity contribution in [1.82, 2.24) is 5.32 Å². The van der Waals surface area contributed by atoms with E-state index in [4.69, 9.17) is 25.8 Å². The second-order valence-electron chi connectivity index (χ2n) is 6.70. The number of hydrogen-bond acceptors (Lipinski definition) is 5. The summed E-state index contributed by atoms with van der Waals surface area (Å²) < 4.78 is 16.0. The second-order valence-corrected chi connectivity index (χ2v) is 7.10. The molecule has 3 rings (SSSR count). The van der Waals surface area contributed by atoms with E-state index in [9.17, 15) is 9.59 Å². The lowest BCUT2D eigenvalue weighted by Crippen LogP contribution is -2.37. The van der Waals surface area contributed by atoms with Crippen LogP contribution in [-0.2, 0) is 20.7 Å². The molecule has 6 nitrogen and oxygen atoms in total. The number of esters is 1. The first-order valence-electron chi connectivity index (χ1n) is 9.15. The van der Waals surface area contributed by atoms with E-state index in [1.807, 2.05) is 0 Å². The Bertz CT molecular complexity index is 656. The van der Waals surface area contributed by atoms with Gasteiger partial charge >= 0.3 is 5.97 Å². The molecule has 1 aromatic rings. The van der Waals surface area contributed by atoms with Gasteiger partial charge in [-0.25, -0.2) is 0 Å². The first-order valence-corrected chi connectivity index (χ1v) is 9.52. The average molecular weight is 382 g/mol. The third-order valence-electron chi connectivity index (χ3n) is 4.59. The topological polar surface area (TPSA) is 73.9 Å². The van der Waals surface area contributed by atoms with Crippen LogP contribution in [0.25, 0.3) is 0 Å². The van der Waals surface area contributed by atoms with Crippen LogP contribution in [0.1, 0.15) is 44.1 Å². The molecule has 0 spiro atoms. The summed E-state index contributed by atoms with van der Waals surface area (Å²) in [4.78, 5) is 24.0. The molecule has 0 atom stereocenters. The lowest BCUT2D eigenvalue weighted by Gasteiger charge is -2.20. The van der Waals surface area contributed by atoms with Gasteiger partial charge in [0.05, 0.1) is 11.4 Å². The Morgan fingerprint density at radius 1 is 1.12 bits per heavy atom. The average Bonchev–Trinajstić information content (AvgIpc) is 2.89. The van der Waals surface area contributed by atoms with Crippen LogP contribution >= 0.6 is 11.6 Å². The van der Waals surface area contributed by atoms with Gasteiger partial charge in [0.25, 0.3) is 5.91 Å². The molecule has 1 fully saturated rings. The van der Waals surface area contributed by atoms with Gasteiger partial charge in [-0.15, -0.1) is 0 Å². The Balaban J connectivity index is 1.46. The van der Waals surface area contributed by atoms with Gasteiger partial charge in [-0.1, -0.05) is 37.3 Å². The summed E-state index contributed by atoms with van der Waals surface area (Å²) in [6.07, 6.45) is 6.72. The third kappa shape index (κ3) is 5.27. The SMILES string of the molecule is O=C(COC(=O)Cc1cc(Cl)c2c(c1)OCCO2)NC1CCCCCC1. The van der Waals surface area contributed by atoms with Crippen LogP contribution in [0, 0.1) is 0 Å². The maximum Gasteiger partial charge on any atom is 0.310 e. The Kier molecular flexibility index (Phi) is 6.61. The molecule has 0 saturated heterocycles. The molecule has 0 radical (unpaired) electrons. The highest BCUT2D eigenvalue weighted by molar-refractivity contribution is 6.32. The molecule has 2 aliphatic rings. The van der Waals surface area contributed by atoms with Gasteiger partial charge in [0.15, 0.2) is 18.1 Å². The third-order valence-corrected chi connectivity index (χ3v) is 4.87. The van der Waals surface area contributed by atoms with Crippen molar-refractivity contribution in [3.8, 4) is 11.5 Å². The highest BCUT2D eigenvalue weighted by Gasteiger charge is 2.19. The van der Waals surface area contributed by atoms with Gasteiger partial charge in [-0.05, 0) is 30.5 Å². The van der Waals surface area contributed by atoms with E-state index in [2.05, 4.69) is 5.32 Å². The van der Waals surface area contributed by atoms with Crippen molar-refractivity contribution in [3.05, 3.63) is 22.7 Å². The van der Waals surface area contributed by atoms with Crippen molar-refractivity contribution in [2.75, 3.05) is 19.8 Å². The monoisotopic (exact) mass is 381 g/mol. The van der Waals surface area contributed by atoms with Gasteiger partial charge in [0.2, 0.25) is 0 Å². The second kappa shape index (κ2) is 9.12. The Morgan fingerprint density at radius 2 is 1.85 bits per heavy atom. The Labute approximate surface area is 158 Å². The van der Waals surface area contributed by atoms with Crippen LogP contribution in [0.2, 0.25) is 5.02 Å². The smallest absolute Gasteiger partial charge is 0.310 e. The van der Waals surface area contributed by atoms with Crippen LogP contribution in [0.3, 0.4) is 0 Å². The predicted octanol–water partition coefficient (Wildman–Crippen LogP) is 3.04. The minimum atomic E-state index is -0.478. The lowest BCUT2D eigenvalue weighted by atomic mass is 10.1. The number of nitrogens with one attached hydrogen (secondary N) is 1. The maximum atomic E-state index is 12.0. The van der Waals surface area contributed by atoms with E-state index in [1.165, 1.54) is 12.8 Å². The van der Waals surface area contributed by atoms with Crippen molar-refractivity contribution < 1.29 is 23.8 Å². The van der Waals surface area contributed by atoms with Gasteiger partial charge in [0, 0.05) is 6.04 Å². The molecule has 0 unspecified atom stereocenters. The van der Waals surface area contributed by atoms with Crippen molar-refractivity contribution in [3.63, 3.8) is 0 Å². The predicted molar refractivity (Wildman–Crippen MR) is 96.7 cm³/mol. The molecule has 7 heteroatoms. The number of rotatable bonds is 5. The van der Waals surface area contributed by atoms with Crippen LogP contribution in [0.5, 0.6) is 11.5 Å². The summed E-state index contributed by atoms with van der Waals surface area (Å²) in [5, 5.41) is 3.35. The standard InChI is InChI=1S/C19H24ClNO5/c20-15-9-13(10-16-19(15)25-8-7-24-16)11-18(23)26-12-17(22)21-14-5-3-1-2-4-6-14/h9-10,14H,1-8,11-12H2,(H,21,22). The van der Waals surface area contributed by atoms with E-state index < -0.39 is 5.97 Å². The summed E-state index contributed by atoms with van der Waals surface area (Å²) in [5.74, 6) is 0.301. The van der Waals surface area contributed by atoms with E-state index in [1.54, 1.807) is 12.1 Å².